The SMILES string of the molecule is CC(C)(C)c1ccc(Cl)c([C@@H](N)CN)c1. The molecular weight excluding hydrogens is 208 g/mol. The van der Waals surface area contributed by atoms with Crippen molar-refractivity contribution < 1.29 is 0 Å². The molecule has 0 spiro atoms. The quantitative estimate of drug-likeness (QED) is 0.815. The maximum absolute atomic E-state index is 6.08. The average Bonchev–Trinajstić information content (AvgIpc) is 2.15. The van der Waals surface area contributed by atoms with Crippen molar-refractivity contribution in [2.45, 2.75) is 32.2 Å². The molecule has 2 nitrogen and oxygen atoms in total. The van der Waals surface area contributed by atoms with E-state index in [2.05, 4.69) is 26.8 Å². The molecule has 1 aromatic carbocycles. The first kappa shape index (κ1) is 12.5. The summed E-state index contributed by atoms with van der Waals surface area (Å²) in [4.78, 5) is 0. The maximum atomic E-state index is 6.08. The van der Waals surface area contributed by atoms with Crippen LogP contribution >= 0.6 is 11.6 Å². The zero-order chi connectivity index (χ0) is 11.6. The summed E-state index contributed by atoms with van der Waals surface area (Å²) in [6.45, 7) is 6.89. The molecule has 0 aliphatic rings. The van der Waals surface area contributed by atoms with Gasteiger partial charge in [0.05, 0.1) is 0 Å². The Balaban J connectivity index is 3.17. The van der Waals surface area contributed by atoms with Crippen LogP contribution in [0.4, 0.5) is 0 Å². The highest BCUT2D eigenvalue weighted by molar-refractivity contribution is 6.31. The van der Waals surface area contributed by atoms with E-state index in [9.17, 15) is 0 Å². The van der Waals surface area contributed by atoms with Gasteiger partial charge in [-0.2, -0.15) is 0 Å². The van der Waals surface area contributed by atoms with Crippen molar-refractivity contribution in [1.82, 2.24) is 0 Å². The van der Waals surface area contributed by atoms with Gasteiger partial charge in [-0.15, -0.1) is 0 Å². The largest absolute Gasteiger partial charge is 0.329 e. The molecule has 84 valence electrons. The summed E-state index contributed by atoms with van der Waals surface area (Å²) in [6.07, 6.45) is 0. The zero-order valence-corrected chi connectivity index (χ0v) is 10.3. The van der Waals surface area contributed by atoms with Gasteiger partial charge in [-0.1, -0.05) is 44.5 Å². The molecule has 1 aromatic rings. The second-order valence-corrected chi connectivity index (χ2v) is 5.24. The zero-order valence-electron chi connectivity index (χ0n) is 9.55. The van der Waals surface area contributed by atoms with E-state index >= 15 is 0 Å². The minimum atomic E-state index is -0.181. The molecule has 0 radical (unpaired) electrons. The van der Waals surface area contributed by atoms with E-state index in [-0.39, 0.29) is 11.5 Å². The standard InChI is InChI=1S/C12H19ClN2/c1-12(2,3)8-4-5-10(13)9(6-8)11(15)7-14/h4-6,11H,7,14-15H2,1-3H3/t11-/m0/s1. The predicted molar refractivity (Wildman–Crippen MR) is 66.1 cm³/mol. The van der Waals surface area contributed by atoms with E-state index in [1.807, 2.05) is 12.1 Å². The predicted octanol–water partition coefficient (Wildman–Crippen LogP) is 2.60. The molecule has 0 aliphatic carbocycles. The number of halogens is 1. The lowest BCUT2D eigenvalue weighted by Crippen LogP contribution is -2.22. The highest BCUT2D eigenvalue weighted by atomic mass is 35.5. The van der Waals surface area contributed by atoms with Crippen LogP contribution in [0.3, 0.4) is 0 Å². The Bertz CT molecular complexity index is 342. The molecule has 0 fully saturated rings. The molecule has 15 heavy (non-hydrogen) atoms. The van der Waals surface area contributed by atoms with Gasteiger partial charge in [0.25, 0.3) is 0 Å². The summed E-state index contributed by atoms with van der Waals surface area (Å²) in [5.41, 5.74) is 13.7. The Hall–Kier alpha value is -0.570. The summed E-state index contributed by atoms with van der Waals surface area (Å²) >= 11 is 6.08. The van der Waals surface area contributed by atoms with Gasteiger partial charge < -0.3 is 11.5 Å². The van der Waals surface area contributed by atoms with E-state index < -0.39 is 0 Å². The molecule has 0 saturated heterocycles. The van der Waals surface area contributed by atoms with Crippen molar-refractivity contribution in [3.05, 3.63) is 34.3 Å². The Labute approximate surface area is 96.6 Å². The van der Waals surface area contributed by atoms with E-state index in [1.54, 1.807) is 0 Å². The first-order valence-electron chi connectivity index (χ1n) is 5.12. The molecule has 0 amide bonds. The topological polar surface area (TPSA) is 52.0 Å². The van der Waals surface area contributed by atoms with Crippen molar-refractivity contribution in [2.24, 2.45) is 11.5 Å². The summed E-state index contributed by atoms with van der Waals surface area (Å²) in [7, 11) is 0. The minimum absolute atomic E-state index is 0.105. The molecule has 0 bridgehead atoms. The van der Waals surface area contributed by atoms with Gasteiger partial charge in [0, 0.05) is 17.6 Å². The number of hydrogen-bond donors (Lipinski definition) is 2. The van der Waals surface area contributed by atoms with Crippen LogP contribution < -0.4 is 11.5 Å². The monoisotopic (exact) mass is 226 g/mol. The molecule has 0 unspecified atom stereocenters. The normalized spacial score (nSPS) is 14.0. The molecular formula is C12H19ClN2. The first-order chi connectivity index (χ1) is 6.86. The number of nitrogens with two attached hydrogens (primary N) is 2. The van der Waals surface area contributed by atoms with Crippen LogP contribution in [0.5, 0.6) is 0 Å². The van der Waals surface area contributed by atoms with Gasteiger partial charge in [0.15, 0.2) is 0 Å². The number of hydrogen-bond acceptors (Lipinski definition) is 2. The summed E-state index contributed by atoms with van der Waals surface area (Å²) in [5, 5.41) is 0.695. The molecule has 3 heteroatoms. The molecule has 1 rings (SSSR count). The van der Waals surface area contributed by atoms with Gasteiger partial charge in [-0.05, 0) is 22.6 Å². The van der Waals surface area contributed by atoms with Gasteiger partial charge >= 0.3 is 0 Å². The molecule has 4 N–H and O–H groups in total. The van der Waals surface area contributed by atoms with E-state index in [0.717, 1.165) is 5.56 Å². The van der Waals surface area contributed by atoms with Crippen molar-refractivity contribution >= 4 is 11.6 Å². The molecule has 0 heterocycles. The number of rotatable bonds is 2. The van der Waals surface area contributed by atoms with E-state index in [1.165, 1.54) is 5.56 Å². The smallest absolute Gasteiger partial charge is 0.0454 e. The lowest BCUT2D eigenvalue weighted by atomic mass is 9.85. The molecule has 1 atom stereocenters. The third-order valence-electron chi connectivity index (χ3n) is 2.52. The third-order valence-corrected chi connectivity index (χ3v) is 2.86. The highest BCUT2D eigenvalue weighted by Crippen LogP contribution is 2.28. The maximum Gasteiger partial charge on any atom is 0.0454 e. The van der Waals surface area contributed by atoms with Crippen molar-refractivity contribution in [3.63, 3.8) is 0 Å². The molecule has 0 saturated carbocycles. The van der Waals surface area contributed by atoms with Crippen LogP contribution in [0.25, 0.3) is 0 Å². The van der Waals surface area contributed by atoms with Gasteiger partial charge in [-0.3, -0.25) is 0 Å². The molecule has 0 aliphatic heterocycles. The van der Waals surface area contributed by atoms with Crippen molar-refractivity contribution in [1.29, 1.82) is 0 Å². The van der Waals surface area contributed by atoms with Crippen molar-refractivity contribution in [2.75, 3.05) is 6.54 Å². The lowest BCUT2D eigenvalue weighted by molar-refractivity contribution is 0.587. The Morgan fingerprint density at radius 2 is 1.93 bits per heavy atom. The summed E-state index contributed by atoms with van der Waals surface area (Å²) < 4.78 is 0. The van der Waals surface area contributed by atoms with Crippen LogP contribution in [0.15, 0.2) is 18.2 Å². The highest BCUT2D eigenvalue weighted by Gasteiger charge is 2.17. The van der Waals surface area contributed by atoms with Crippen LogP contribution in [-0.4, -0.2) is 6.54 Å². The Kier molecular flexibility index (Phi) is 3.77. The van der Waals surface area contributed by atoms with Crippen LogP contribution in [0, 0.1) is 0 Å². The van der Waals surface area contributed by atoms with Gasteiger partial charge in [-0.25, -0.2) is 0 Å². The Morgan fingerprint density at radius 1 is 1.33 bits per heavy atom. The summed E-state index contributed by atoms with van der Waals surface area (Å²) in [6, 6.07) is 5.81. The second kappa shape index (κ2) is 4.52. The molecule has 0 aromatic heterocycles. The van der Waals surface area contributed by atoms with E-state index in [4.69, 9.17) is 23.1 Å². The van der Waals surface area contributed by atoms with Gasteiger partial charge in [0.2, 0.25) is 0 Å². The Morgan fingerprint density at radius 3 is 2.40 bits per heavy atom. The van der Waals surface area contributed by atoms with Crippen molar-refractivity contribution in [3.8, 4) is 0 Å². The number of benzene rings is 1. The first-order valence-corrected chi connectivity index (χ1v) is 5.49. The van der Waals surface area contributed by atoms with Crippen LogP contribution in [0.1, 0.15) is 37.9 Å². The van der Waals surface area contributed by atoms with Crippen LogP contribution in [-0.2, 0) is 5.41 Å². The second-order valence-electron chi connectivity index (χ2n) is 4.83. The lowest BCUT2D eigenvalue weighted by Gasteiger charge is -2.21. The minimum Gasteiger partial charge on any atom is -0.329 e. The van der Waals surface area contributed by atoms with Gasteiger partial charge in [0.1, 0.15) is 0 Å². The third kappa shape index (κ3) is 2.94. The summed E-state index contributed by atoms with van der Waals surface area (Å²) in [5.74, 6) is 0. The van der Waals surface area contributed by atoms with Crippen LogP contribution in [0.2, 0.25) is 5.02 Å². The fourth-order valence-corrected chi connectivity index (χ4v) is 1.68. The fourth-order valence-electron chi connectivity index (χ4n) is 1.42. The average molecular weight is 227 g/mol. The fraction of sp³-hybridized carbons (Fsp3) is 0.500. The van der Waals surface area contributed by atoms with E-state index in [0.29, 0.717) is 11.6 Å².